The van der Waals surface area contributed by atoms with Gasteiger partial charge >= 0.3 is 0 Å². The van der Waals surface area contributed by atoms with E-state index in [1.165, 1.54) is 12.8 Å². The summed E-state index contributed by atoms with van der Waals surface area (Å²) in [5, 5.41) is 3.38. The molecule has 5 nitrogen and oxygen atoms in total. The molecule has 24 heavy (non-hydrogen) atoms. The fourth-order valence-electron chi connectivity index (χ4n) is 3.57. The zero-order valence-corrected chi connectivity index (χ0v) is 14.7. The minimum Gasteiger partial charge on any atom is -0.486 e. The molecule has 1 saturated heterocycles. The molecular formula is C19H28N2O3. The number of para-hydroxylation sites is 2. The number of nitrogens with zero attached hydrogens (tertiary/aromatic N) is 1. The van der Waals surface area contributed by atoms with Gasteiger partial charge in [0.1, 0.15) is 6.61 Å². The van der Waals surface area contributed by atoms with Gasteiger partial charge in [-0.25, -0.2) is 0 Å². The number of likely N-dealkylation sites (N-methyl/N-ethyl adjacent to an activating group) is 1. The van der Waals surface area contributed by atoms with E-state index in [1.54, 1.807) is 4.90 Å². The Morgan fingerprint density at radius 3 is 2.75 bits per heavy atom. The van der Waals surface area contributed by atoms with Gasteiger partial charge < -0.3 is 19.7 Å². The lowest BCUT2D eigenvalue weighted by atomic mass is 9.84. The quantitative estimate of drug-likeness (QED) is 0.899. The molecule has 2 heterocycles. The minimum absolute atomic E-state index is 0.108. The smallest absolute Gasteiger partial charge is 0.222 e. The summed E-state index contributed by atoms with van der Waals surface area (Å²) < 4.78 is 11.7. The molecule has 132 valence electrons. The van der Waals surface area contributed by atoms with Crippen LogP contribution in [0, 0.1) is 11.8 Å². The Morgan fingerprint density at radius 1 is 1.29 bits per heavy atom. The summed E-state index contributed by atoms with van der Waals surface area (Å²) in [4.78, 5) is 14.3. The van der Waals surface area contributed by atoms with Crippen LogP contribution in [0.4, 0.5) is 0 Å². The van der Waals surface area contributed by atoms with E-state index in [4.69, 9.17) is 9.47 Å². The van der Waals surface area contributed by atoms with Gasteiger partial charge in [-0.2, -0.15) is 0 Å². The van der Waals surface area contributed by atoms with Crippen LogP contribution in [-0.2, 0) is 4.79 Å². The maximum Gasteiger partial charge on any atom is 0.222 e. The zero-order chi connectivity index (χ0) is 16.9. The van der Waals surface area contributed by atoms with E-state index in [1.807, 2.05) is 31.3 Å². The Hall–Kier alpha value is -1.75. The largest absolute Gasteiger partial charge is 0.486 e. The molecule has 1 aromatic rings. The van der Waals surface area contributed by atoms with Gasteiger partial charge in [-0.15, -0.1) is 0 Å². The highest BCUT2D eigenvalue weighted by Gasteiger charge is 2.26. The maximum atomic E-state index is 12.5. The Morgan fingerprint density at radius 2 is 2.00 bits per heavy atom. The van der Waals surface area contributed by atoms with Gasteiger partial charge in [-0.1, -0.05) is 19.1 Å². The highest BCUT2D eigenvalue weighted by atomic mass is 16.6. The molecule has 0 bridgehead atoms. The van der Waals surface area contributed by atoms with Gasteiger partial charge in [0, 0.05) is 13.5 Å². The number of carbonyl (C=O) groups excluding carboxylic acids is 1. The van der Waals surface area contributed by atoms with E-state index in [2.05, 4.69) is 12.2 Å². The van der Waals surface area contributed by atoms with E-state index in [9.17, 15) is 4.79 Å². The van der Waals surface area contributed by atoms with Crippen LogP contribution in [0.2, 0.25) is 0 Å². The average molecular weight is 332 g/mol. The molecule has 0 saturated carbocycles. The van der Waals surface area contributed by atoms with Crippen LogP contribution in [0.1, 0.15) is 26.2 Å². The number of nitrogens with one attached hydrogen (secondary N) is 1. The lowest BCUT2D eigenvalue weighted by molar-refractivity contribution is -0.132. The molecule has 0 spiro atoms. The van der Waals surface area contributed by atoms with Gasteiger partial charge in [0.2, 0.25) is 5.91 Å². The molecule has 0 aromatic heterocycles. The van der Waals surface area contributed by atoms with Crippen LogP contribution in [-0.4, -0.2) is 50.2 Å². The Bertz CT molecular complexity index is 557. The second kappa shape index (κ2) is 7.88. The van der Waals surface area contributed by atoms with Crippen molar-refractivity contribution >= 4 is 5.91 Å². The van der Waals surface area contributed by atoms with E-state index >= 15 is 0 Å². The van der Waals surface area contributed by atoms with Crippen molar-refractivity contribution in [3.05, 3.63) is 24.3 Å². The molecule has 1 fully saturated rings. The number of benzene rings is 1. The first-order valence-electron chi connectivity index (χ1n) is 8.96. The normalized spacial score (nSPS) is 22.0. The molecule has 1 N–H and O–H groups in total. The lowest BCUT2D eigenvalue weighted by Crippen LogP contribution is -2.42. The minimum atomic E-state index is -0.108. The summed E-state index contributed by atoms with van der Waals surface area (Å²) in [6.07, 6.45) is 2.86. The molecule has 0 aliphatic carbocycles. The first kappa shape index (κ1) is 17.1. The maximum absolute atomic E-state index is 12.5. The predicted octanol–water partition coefficient (Wildman–Crippen LogP) is 2.31. The third-order valence-electron chi connectivity index (χ3n) is 5.16. The Kier molecular flexibility index (Phi) is 5.61. The third-order valence-corrected chi connectivity index (χ3v) is 5.16. The highest BCUT2D eigenvalue weighted by molar-refractivity contribution is 5.76. The number of rotatable bonds is 5. The van der Waals surface area contributed by atoms with Crippen molar-refractivity contribution in [1.82, 2.24) is 10.2 Å². The first-order chi connectivity index (χ1) is 11.6. The van der Waals surface area contributed by atoms with Crippen molar-refractivity contribution in [3.8, 4) is 11.5 Å². The van der Waals surface area contributed by atoms with Crippen LogP contribution in [0.15, 0.2) is 24.3 Å². The molecular weight excluding hydrogens is 304 g/mol. The SMILES string of the molecule is CC(CC(=O)N(C)CC1COc2ccccc2O1)C1CCNCC1. The van der Waals surface area contributed by atoms with E-state index in [-0.39, 0.29) is 12.0 Å². The van der Waals surface area contributed by atoms with Crippen LogP contribution in [0.25, 0.3) is 0 Å². The second-order valence-electron chi connectivity index (χ2n) is 7.04. The monoisotopic (exact) mass is 332 g/mol. The number of hydrogen-bond acceptors (Lipinski definition) is 4. The summed E-state index contributed by atoms with van der Waals surface area (Å²) in [5.74, 6) is 2.83. The summed E-state index contributed by atoms with van der Waals surface area (Å²) in [6.45, 7) is 5.40. The van der Waals surface area contributed by atoms with Crippen LogP contribution in [0.3, 0.4) is 0 Å². The topological polar surface area (TPSA) is 50.8 Å². The van der Waals surface area contributed by atoms with E-state index in [0.717, 1.165) is 24.6 Å². The number of carbonyl (C=O) groups is 1. The molecule has 1 amide bonds. The van der Waals surface area contributed by atoms with Crippen molar-refractivity contribution in [2.24, 2.45) is 11.8 Å². The fraction of sp³-hybridized carbons (Fsp3) is 0.632. The van der Waals surface area contributed by atoms with Crippen molar-refractivity contribution < 1.29 is 14.3 Å². The summed E-state index contributed by atoms with van der Waals surface area (Å²) in [7, 11) is 1.86. The average Bonchev–Trinajstić information content (AvgIpc) is 2.62. The Balaban J connectivity index is 1.48. The standard InChI is InChI=1S/C19H28N2O3/c1-14(15-7-9-20-10-8-15)11-19(22)21(2)12-16-13-23-17-5-3-4-6-18(17)24-16/h3-6,14-16,20H,7-13H2,1-2H3. The van der Waals surface area contributed by atoms with Crippen molar-refractivity contribution in [2.75, 3.05) is 33.3 Å². The first-order valence-corrected chi connectivity index (χ1v) is 8.96. The summed E-state index contributed by atoms with van der Waals surface area (Å²) in [5.41, 5.74) is 0. The predicted molar refractivity (Wildman–Crippen MR) is 93.4 cm³/mol. The van der Waals surface area contributed by atoms with Crippen molar-refractivity contribution in [3.63, 3.8) is 0 Å². The number of fused-ring (bicyclic) bond motifs is 1. The van der Waals surface area contributed by atoms with Gasteiger partial charge in [0.25, 0.3) is 0 Å². The molecule has 3 rings (SSSR count). The molecule has 2 unspecified atom stereocenters. The molecule has 5 heteroatoms. The molecule has 2 aliphatic rings. The van der Waals surface area contributed by atoms with E-state index < -0.39 is 0 Å². The van der Waals surface area contributed by atoms with E-state index in [0.29, 0.717) is 31.4 Å². The van der Waals surface area contributed by atoms with Crippen molar-refractivity contribution in [1.29, 1.82) is 0 Å². The van der Waals surface area contributed by atoms with Gasteiger partial charge in [-0.3, -0.25) is 4.79 Å². The number of amides is 1. The number of hydrogen-bond donors (Lipinski definition) is 1. The summed E-state index contributed by atoms with van der Waals surface area (Å²) >= 11 is 0. The number of ether oxygens (including phenoxy) is 2. The molecule has 2 aliphatic heterocycles. The highest BCUT2D eigenvalue weighted by Crippen LogP contribution is 2.31. The molecule has 0 radical (unpaired) electrons. The van der Waals surface area contributed by atoms with Crippen molar-refractivity contribution in [2.45, 2.75) is 32.3 Å². The second-order valence-corrected chi connectivity index (χ2v) is 7.04. The van der Waals surface area contributed by atoms with Gasteiger partial charge in [0.15, 0.2) is 17.6 Å². The third kappa shape index (κ3) is 4.20. The van der Waals surface area contributed by atoms with Crippen LogP contribution >= 0.6 is 0 Å². The molecule has 1 aromatic carbocycles. The van der Waals surface area contributed by atoms with Gasteiger partial charge in [0.05, 0.1) is 6.54 Å². The number of piperidine rings is 1. The van der Waals surface area contributed by atoms with Gasteiger partial charge in [-0.05, 0) is 49.9 Å². The lowest BCUT2D eigenvalue weighted by Gasteiger charge is -2.31. The zero-order valence-electron chi connectivity index (χ0n) is 14.7. The fourth-order valence-corrected chi connectivity index (χ4v) is 3.57. The summed E-state index contributed by atoms with van der Waals surface area (Å²) in [6, 6.07) is 7.67. The Labute approximate surface area is 144 Å². The van der Waals surface area contributed by atoms with Crippen LogP contribution < -0.4 is 14.8 Å². The molecule has 2 atom stereocenters. The van der Waals surface area contributed by atoms with Crippen LogP contribution in [0.5, 0.6) is 11.5 Å².